The van der Waals surface area contributed by atoms with Crippen molar-refractivity contribution in [2.75, 3.05) is 19.6 Å². The minimum atomic E-state index is -3.81. The van der Waals surface area contributed by atoms with Crippen LogP contribution in [0.15, 0.2) is 47.4 Å². The lowest BCUT2D eigenvalue weighted by molar-refractivity contribution is -0.123. The van der Waals surface area contributed by atoms with E-state index in [1.54, 1.807) is 18.2 Å². The van der Waals surface area contributed by atoms with Crippen LogP contribution in [-0.4, -0.2) is 40.0 Å². The summed E-state index contributed by atoms with van der Waals surface area (Å²) in [5.41, 5.74) is 0. The van der Waals surface area contributed by atoms with Gasteiger partial charge in [-0.1, -0.05) is 51.1 Å². The van der Waals surface area contributed by atoms with Gasteiger partial charge in [0.15, 0.2) is 0 Å². The van der Waals surface area contributed by atoms with Crippen molar-refractivity contribution < 1.29 is 13.2 Å². The number of hydrogen-bond acceptors (Lipinski definition) is 4. The van der Waals surface area contributed by atoms with Gasteiger partial charge in [-0.15, -0.1) is 0 Å². The van der Waals surface area contributed by atoms with Gasteiger partial charge in [0.25, 0.3) is 0 Å². The molecule has 0 bridgehead atoms. The monoisotopic (exact) mass is 391 g/mol. The van der Waals surface area contributed by atoms with Gasteiger partial charge in [0, 0.05) is 13.1 Å². The molecular weight excluding hydrogens is 362 g/mol. The quantitative estimate of drug-likeness (QED) is 0.542. The first-order valence-electron chi connectivity index (χ1n) is 9.34. The molecule has 0 fully saturated rings. The minimum Gasteiger partial charge on any atom is -0.353 e. The van der Waals surface area contributed by atoms with Crippen LogP contribution in [0.1, 0.15) is 27.2 Å². The van der Waals surface area contributed by atoms with E-state index in [1.165, 1.54) is 0 Å². The summed E-state index contributed by atoms with van der Waals surface area (Å²) < 4.78 is 28.2. The third-order valence-electron chi connectivity index (χ3n) is 4.29. The Labute approximate surface area is 161 Å². The Bertz CT molecular complexity index is 866. The van der Waals surface area contributed by atoms with Gasteiger partial charge in [0.05, 0.1) is 4.90 Å². The Kier molecular flexibility index (Phi) is 7.77. The molecule has 6 nitrogen and oxygen atoms in total. The molecule has 7 heteroatoms. The fourth-order valence-corrected chi connectivity index (χ4v) is 4.13. The molecule has 0 aliphatic carbocycles. The Morgan fingerprint density at radius 1 is 1.00 bits per heavy atom. The minimum absolute atomic E-state index is 0.157. The predicted octanol–water partition coefficient (Wildman–Crippen LogP) is 2.26. The molecule has 27 heavy (non-hydrogen) atoms. The predicted molar refractivity (Wildman–Crippen MR) is 109 cm³/mol. The van der Waals surface area contributed by atoms with Crippen LogP contribution in [0.5, 0.6) is 0 Å². The Balaban J connectivity index is 2.09. The molecule has 2 rings (SSSR count). The Morgan fingerprint density at radius 3 is 2.37 bits per heavy atom. The molecule has 0 spiro atoms. The molecule has 0 radical (unpaired) electrons. The largest absolute Gasteiger partial charge is 0.353 e. The van der Waals surface area contributed by atoms with E-state index < -0.39 is 16.1 Å². The smallest absolute Gasteiger partial charge is 0.241 e. The molecule has 1 amide bonds. The third kappa shape index (κ3) is 6.02. The maximum absolute atomic E-state index is 12.8. The average molecular weight is 392 g/mol. The molecule has 3 N–H and O–H groups in total. The first kappa shape index (κ1) is 21.3. The maximum atomic E-state index is 12.8. The van der Waals surface area contributed by atoms with E-state index in [-0.39, 0.29) is 16.7 Å². The van der Waals surface area contributed by atoms with Crippen LogP contribution < -0.4 is 15.4 Å². The van der Waals surface area contributed by atoms with Gasteiger partial charge in [-0.25, -0.2) is 8.42 Å². The lowest BCUT2D eigenvalue weighted by Gasteiger charge is -2.22. The fourth-order valence-electron chi connectivity index (χ4n) is 2.75. The zero-order chi connectivity index (χ0) is 19.9. The maximum Gasteiger partial charge on any atom is 0.241 e. The first-order chi connectivity index (χ1) is 12.8. The van der Waals surface area contributed by atoms with E-state index in [2.05, 4.69) is 22.3 Å². The molecule has 1 unspecified atom stereocenters. The molecule has 2 aromatic rings. The van der Waals surface area contributed by atoms with Crippen LogP contribution in [0.25, 0.3) is 10.8 Å². The van der Waals surface area contributed by atoms with Gasteiger partial charge < -0.3 is 10.6 Å². The average Bonchev–Trinajstić information content (AvgIpc) is 2.65. The second kappa shape index (κ2) is 9.82. The summed E-state index contributed by atoms with van der Waals surface area (Å²) in [4.78, 5) is 12.6. The number of nitrogens with one attached hydrogen (secondary N) is 3. The topological polar surface area (TPSA) is 87.3 Å². The van der Waals surface area contributed by atoms with Crippen LogP contribution in [-0.2, 0) is 14.8 Å². The summed E-state index contributed by atoms with van der Waals surface area (Å²) in [5.74, 6) is -0.489. The second-order valence-electron chi connectivity index (χ2n) is 6.89. The van der Waals surface area contributed by atoms with Crippen LogP contribution in [0, 0.1) is 5.92 Å². The van der Waals surface area contributed by atoms with Crippen LogP contribution in [0.4, 0.5) is 0 Å². The van der Waals surface area contributed by atoms with Gasteiger partial charge >= 0.3 is 0 Å². The van der Waals surface area contributed by atoms with E-state index in [9.17, 15) is 13.2 Å². The van der Waals surface area contributed by atoms with Crippen molar-refractivity contribution in [2.24, 2.45) is 5.92 Å². The summed E-state index contributed by atoms with van der Waals surface area (Å²) in [7, 11) is -3.81. The molecule has 2 aromatic carbocycles. The standard InChI is InChI=1S/C20H29N3O3S/c1-4-11-21-12-13-22-20(24)19(15(2)3)23-27(25,26)18-10-9-16-7-5-6-8-17(16)14-18/h5-10,14-15,19,21,23H,4,11-13H2,1-3H3,(H,22,24). The Morgan fingerprint density at radius 2 is 1.70 bits per heavy atom. The molecule has 148 valence electrons. The molecule has 0 aliphatic heterocycles. The highest BCUT2D eigenvalue weighted by molar-refractivity contribution is 7.89. The summed E-state index contributed by atoms with van der Waals surface area (Å²) in [6.45, 7) is 7.71. The molecule has 0 aromatic heterocycles. The van der Waals surface area contributed by atoms with Crippen molar-refractivity contribution >= 4 is 26.7 Å². The van der Waals surface area contributed by atoms with Crippen molar-refractivity contribution in [1.29, 1.82) is 0 Å². The van der Waals surface area contributed by atoms with Crippen LogP contribution >= 0.6 is 0 Å². The van der Waals surface area contributed by atoms with E-state index in [1.807, 2.05) is 38.1 Å². The number of hydrogen-bond donors (Lipinski definition) is 3. The molecule has 0 saturated heterocycles. The lowest BCUT2D eigenvalue weighted by atomic mass is 10.1. The summed E-state index contributed by atoms with van der Waals surface area (Å²) >= 11 is 0. The number of benzene rings is 2. The van der Waals surface area contributed by atoms with Crippen LogP contribution in [0.3, 0.4) is 0 Å². The lowest BCUT2D eigenvalue weighted by Crippen LogP contribution is -2.50. The van der Waals surface area contributed by atoms with Gasteiger partial charge in [0.1, 0.15) is 6.04 Å². The van der Waals surface area contributed by atoms with Crippen molar-refractivity contribution in [3.8, 4) is 0 Å². The van der Waals surface area contributed by atoms with Crippen molar-refractivity contribution in [1.82, 2.24) is 15.4 Å². The van der Waals surface area contributed by atoms with Gasteiger partial charge in [-0.05, 0) is 41.8 Å². The second-order valence-corrected chi connectivity index (χ2v) is 8.61. The third-order valence-corrected chi connectivity index (χ3v) is 5.73. The molecule has 0 aliphatic rings. The highest BCUT2D eigenvalue weighted by atomic mass is 32.2. The normalized spacial score (nSPS) is 13.0. The number of carbonyl (C=O) groups excluding carboxylic acids is 1. The number of carbonyl (C=O) groups is 1. The van der Waals surface area contributed by atoms with Gasteiger partial charge in [-0.3, -0.25) is 4.79 Å². The highest BCUT2D eigenvalue weighted by Gasteiger charge is 2.28. The van der Waals surface area contributed by atoms with E-state index >= 15 is 0 Å². The number of rotatable bonds is 10. The SMILES string of the molecule is CCCNCCNC(=O)C(NS(=O)(=O)c1ccc2ccccc2c1)C(C)C. The fraction of sp³-hybridized carbons (Fsp3) is 0.450. The molecule has 0 heterocycles. The van der Waals surface area contributed by atoms with Gasteiger partial charge in [0.2, 0.25) is 15.9 Å². The van der Waals surface area contributed by atoms with Gasteiger partial charge in [-0.2, -0.15) is 4.72 Å². The van der Waals surface area contributed by atoms with E-state index in [4.69, 9.17) is 0 Å². The first-order valence-corrected chi connectivity index (χ1v) is 10.8. The number of fused-ring (bicyclic) bond motifs is 1. The van der Waals surface area contributed by atoms with E-state index in [0.29, 0.717) is 13.1 Å². The highest BCUT2D eigenvalue weighted by Crippen LogP contribution is 2.19. The van der Waals surface area contributed by atoms with Crippen LogP contribution in [0.2, 0.25) is 0 Å². The van der Waals surface area contributed by atoms with Crippen molar-refractivity contribution in [3.63, 3.8) is 0 Å². The van der Waals surface area contributed by atoms with E-state index in [0.717, 1.165) is 23.7 Å². The Hall–Kier alpha value is -1.96. The summed E-state index contributed by atoms with van der Waals surface area (Å²) in [5, 5.41) is 7.80. The summed E-state index contributed by atoms with van der Waals surface area (Å²) in [6.07, 6.45) is 1.02. The number of amides is 1. The molecule has 1 atom stereocenters. The van der Waals surface area contributed by atoms with Crippen molar-refractivity contribution in [2.45, 2.75) is 38.1 Å². The molecule has 0 saturated carbocycles. The summed E-state index contributed by atoms with van der Waals surface area (Å²) in [6, 6.07) is 11.7. The zero-order valence-electron chi connectivity index (χ0n) is 16.2. The molecular formula is C20H29N3O3S. The number of sulfonamides is 1. The van der Waals surface area contributed by atoms with Crippen molar-refractivity contribution in [3.05, 3.63) is 42.5 Å². The zero-order valence-corrected chi connectivity index (χ0v) is 17.0.